The van der Waals surface area contributed by atoms with E-state index in [1.54, 1.807) is 0 Å². The van der Waals surface area contributed by atoms with E-state index in [4.69, 9.17) is 28.3 Å². The molecular formula is C13H9Cl2F3N2O3. The maximum Gasteiger partial charge on any atom is 0.418 e. The summed E-state index contributed by atoms with van der Waals surface area (Å²) in [6.07, 6.45) is -3.91. The number of hydrogen-bond acceptors (Lipinski definition) is 4. The SMILES string of the molecule is O=C1C=C(Nc2c(C(F)(F)F)ccc(Cl)c2Cl)C(=O)N1CCO. The van der Waals surface area contributed by atoms with Crippen LogP contribution in [0.15, 0.2) is 23.9 Å². The molecule has 0 saturated carbocycles. The number of nitrogens with one attached hydrogen (secondary N) is 1. The summed E-state index contributed by atoms with van der Waals surface area (Å²) in [5, 5.41) is 10.4. The molecule has 2 N–H and O–H groups in total. The van der Waals surface area contributed by atoms with Gasteiger partial charge in [0, 0.05) is 6.08 Å². The summed E-state index contributed by atoms with van der Waals surface area (Å²) in [5.41, 5.74) is -2.14. The highest BCUT2D eigenvalue weighted by atomic mass is 35.5. The number of nitrogens with zero attached hydrogens (tertiary/aromatic N) is 1. The minimum atomic E-state index is -4.74. The molecule has 1 aliphatic heterocycles. The van der Waals surface area contributed by atoms with E-state index in [2.05, 4.69) is 5.32 Å². The lowest BCUT2D eigenvalue weighted by Gasteiger charge is -2.18. The standard InChI is InChI=1S/C13H9Cl2F3N2O3/c14-7-2-1-6(13(16,17)18)11(10(7)15)19-8-5-9(22)20(3-4-21)12(8)23/h1-2,5,19,21H,3-4H2. The van der Waals surface area contributed by atoms with Gasteiger partial charge in [-0.1, -0.05) is 23.2 Å². The molecule has 0 bridgehead atoms. The fourth-order valence-electron chi connectivity index (χ4n) is 1.95. The van der Waals surface area contributed by atoms with Gasteiger partial charge in [0.05, 0.1) is 34.4 Å². The summed E-state index contributed by atoms with van der Waals surface area (Å²) in [6, 6.07) is 1.69. The summed E-state index contributed by atoms with van der Waals surface area (Å²) >= 11 is 11.5. The monoisotopic (exact) mass is 368 g/mol. The molecule has 0 fully saturated rings. The van der Waals surface area contributed by atoms with Crippen LogP contribution in [0.1, 0.15) is 5.56 Å². The van der Waals surface area contributed by atoms with Crippen LogP contribution in [0.25, 0.3) is 0 Å². The molecule has 1 aromatic carbocycles. The number of aliphatic hydroxyl groups excluding tert-OH is 1. The van der Waals surface area contributed by atoms with Gasteiger partial charge in [0.2, 0.25) is 0 Å². The number of rotatable bonds is 4. The summed E-state index contributed by atoms with van der Waals surface area (Å²) in [5.74, 6) is -1.62. The minimum Gasteiger partial charge on any atom is -0.395 e. The zero-order valence-electron chi connectivity index (χ0n) is 11.2. The molecule has 0 atom stereocenters. The van der Waals surface area contributed by atoms with E-state index in [1.807, 2.05) is 0 Å². The predicted octanol–water partition coefficient (Wildman–Crippen LogP) is 2.67. The second-order valence-electron chi connectivity index (χ2n) is 4.48. The molecule has 0 spiro atoms. The van der Waals surface area contributed by atoms with E-state index in [0.717, 1.165) is 12.1 Å². The molecule has 0 unspecified atom stereocenters. The molecule has 2 amide bonds. The fraction of sp³-hybridized carbons (Fsp3) is 0.231. The average molecular weight is 369 g/mol. The van der Waals surface area contributed by atoms with Crippen molar-refractivity contribution in [3.05, 3.63) is 39.5 Å². The topological polar surface area (TPSA) is 69.6 Å². The molecule has 0 aliphatic carbocycles. The summed E-state index contributed by atoms with van der Waals surface area (Å²) in [4.78, 5) is 24.3. The quantitative estimate of drug-likeness (QED) is 0.801. The Morgan fingerprint density at radius 3 is 2.43 bits per heavy atom. The van der Waals surface area contributed by atoms with Crippen molar-refractivity contribution in [2.45, 2.75) is 6.18 Å². The first kappa shape index (κ1) is 17.6. The third-order valence-electron chi connectivity index (χ3n) is 2.99. The average Bonchev–Trinajstić information content (AvgIpc) is 2.71. The van der Waals surface area contributed by atoms with E-state index in [1.165, 1.54) is 0 Å². The van der Waals surface area contributed by atoms with Crippen LogP contribution in [-0.4, -0.2) is 35.0 Å². The largest absolute Gasteiger partial charge is 0.418 e. The Morgan fingerprint density at radius 1 is 1.22 bits per heavy atom. The van der Waals surface area contributed by atoms with E-state index in [-0.39, 0.29) is 11.6 Å². The van der Waals surface area contributed by atoms with Gasteiger partial charge in [-0.05, 0) is 12.1 Å². The maximum absolute atomic E-state index is 13.0. The minimum absolute atomic E-state index is 0.147. The molecule has 2 rings (SSSR count). The summed E-state index contributed by atoms with van der Waals surface area (Å²) in [7, 11) is 0. The molecular weight excluding hydrogens is 360 g/mol. The number of carbonyl (C=O) groups excluding carboxylic acids is 2. The van der Waals surface area contributed by atoms with Crippen molar-refractivity contribution in [1.82, 2.24) is 4.90 Å². The number of benzene rings is 1. The summed E-state index contributed by atoms with van der Waals surface area (Å²) < 4.78 is 39.1. The molecule has 0 radical (unpaired) electrons. The zero-order valence-corrected chi connectivity index (χ0v) is 12.8. The number of halogens is 5. The van der Waals surface area contributed by atoms with Crippen LogP contribution >= 0.6 is 23.2 Å². The van der Waals surface area contributed by atoms with Crippen molar-refractivity contribution in [3.63, 3.8) is 0 Å². The molecule has 1 aliphatic rings. The number of β-amino-alcohol motifs (C(OH)–C–C–N with tert-alkyl or cyclic N) is 1. The first-order valence-electron chi connectivity index (χ1n) is 6.17. The Hall–Kier alpha value is -1.77. The predicted molar refractivity (Wildman–Crippen MR) is 77.0 cm³/mol. The van der Waals surface area contributed by atoms with Crippen LogP contribution in [0.3, 0.4) is 0 Å². The lowest BCUT2D eigenvalue weighted by atomic mass is 10.1. The normalized spacial score (nSPS) is 15.2. The van der Waals surface area contributed by atoms with Crippen LogP contribution in [0.4, 0.5) is 18.9 Å². The lowest BCUT2D eigenvalue weighted by molar-refractivity contribution is -0.138. The van der Waals surface area contributed by atoms with Crippen LogP contribution < -0.4 is 5.32 Å². The third-order valence-corrected chi connectivity index (χ3v) is 3.80. The number of amides is 2. The number of carbonyl (C=O) groups is 2. The smallest absolute Gasteiger partial charge is 0.395 e. The number of aliphatic hydroxyl groups is 1. The Labute approximate surface area is 138 Å². The number of anilines is 1. The molecule has 0 aromatic heterocycles. The van der Waals surface area contributed by atoms with Gasteiger partial charge in [-0.2, -0.15) is 13.2 Å². The maximum atomic E-state index is 13.0. The van der Waals surface area contributed by atoms with E-state index < -0.39 is 46.6 Å². The van der Waals surface area contributed by atoms with Gasteiger partial charge in [-0.3, -0.25) is 14.5 Å². The van der Waals surface area contributed by atoms with E-state index >= 15 is 0 Å². The second-order valence-corrected chi connectivity index (χ2v) is 5.27. The van der Waals surface area contributed by atoms with Crippen molar-refractivity contribution in [2.24, 2.45) is 0 Å². The summed E-state index contributed by atoms with van der Waals surface area (Å²) in [6.45, 7) is -0.737. The van der Waals surface area contributed by atoms with Gasteiger partial charge in [0.25, 0.3) is 11.8 Å². The fourth-order valence-corrected chi connectivity index (χ4v) is 2.32. The van der Waals surface area contributed by atoms with E-state index in [9.17, 15) is 22.8 Å². The Morgan fingerprint density at radius 2 is 1.87 bits per heavy atom. The Kier molecular flexibility index (Phi) is 4.88. The van der Waals surface area contributed by atoms with Gasteiger partial charge in [0.15, 0.2) is 0 Å². The highest BCUT2D eigenvalue weighted by Gasteiger charge is 2.37. The van der Waals surface area contributed by atoms with Crippen LogP contribution in [0.5, 0.6) is 0 Å². The van der Waals surface area contributed by atoms with Crippen LogP contribution in [0.2, 0.25) is 10.0 Å². The lowest BCUT2D eigenvalue weighted by Crippen LogP contribution is -2.34. The number of hydrogen-bond donors (Lipinski definition) is 2. The van der Waals surface area contributed by atoms with E-state index in [0.29, 0.717) is 11.0 Å². The molecule has 5 nitrogen and oxygen atoms in total. The molecule has 124 valence electrons. The van der Waals surface area contributed by atoms with Gasteiger partial charge >= 0.3 is 6.18 Å². The van der Waals surface area contributed by atoms with Gasteiger partial charge in [-0.15, -0.1) is 0 Å². The Balaban J connectivity index is 2.41. The van der Waals surface area contributed by atoms with Crippen molar-refractivity contribution in [3.8, 4) is 0 Å². The van der Waals surface area contributed by atoms with Crippen molar-refractivity contribution in [2.75, 3.05) is 18.5 Å². The molecule has 23 heavy (non-hydrogen) atoms. The molecule has 10 heteroatoms. The second kappa shape index (κ2) is 6.38. The van der Waals surface area contributed by atoms with Gasteiger partial charge in [0.1, 0.15) is 5.70 Å². The molecule has 1 heterocycles. The molecule has 1 aromatic rings. The first-order valence-corrected chi connectivity index (χ1v) is 6.93. The van der Waals surface area contributed by atoms with Crippen molar-refractivity contribution < 1.29 is 27.9 Å². The highest BCUT2D eigenvalue weighted by Crippen LogP contribution is 2.42. The van der Waals surface area contributed by atoms with Crippen LogP contribution in [-0.2, 0) is 15.8 Å². The van der Waals surface area contributed by atoms with Gasteiger partial charge < -0.3 is 10.4 Å². The zero-order chi connectivity index (χ0) is 17.4. The third kappa shape index (κ3) is 3.44. The van der Waals surface area contributed by atoms with Gasteiger partial charge in [-0.25, -0.2) is 0 Å². The van der Waals surface area contributed by atoms with Crippen molar-refractivity contribution >= 4 is 40.7 Å². The first-order chi connectivity index (χ1) is 10.7. The Bertz CT molecular complexity index is 704. The highest BCUT2D eigenvalue weighted by molar-refractivity contribution is 6.44. The number of alkyl halides is 3. The molecule has 0 saturated heterocycles. The van der Waals surface area contributed by atoms with Crippen molar-refractivity contribution in [1.29, 1.82) is 0 Å². The van der Waals surface area contributed by atoms with Crippen LogP contribution in [0, 0.1) is 0 Å². The number of imide groups is 1.